The Morgan fingerprint density at radius 2 is 1.93 bits per heavy atom. The van der Waals surface area contributed by atoms with E-state index in [4.69, 9.17) is 14.2 Å². The van der Waals surface area contributed by atoms with Crippen LogP contribution in [0.1, 0.15) is 22.0 Å². The number of ether oxygens (including phenoxy) is 3. The van der Waals surface area contributed by atoms with Gasteiger partial charge in [-0.25, -0.2) is 4.98 Å². The van der Waals surface area contributed by atoms with Crippen molar-refractivity contribution in [2.75, 3.05) is 33.9 Å². The molecule has 0 saturated carbocycles. The van der Waals surface area contributed by atoms with Crippen LogP contribution in [0, 0.1) is 0 Å². The largest absolute Gasteiger partial charge is 0.497 e. The van der Waals surface area contributed by atoms with E-state index in [9.17, 15) is 4.79 Å². The highest BCUT2D eigenvalue weighted by atomic mass is 16.5. The van der Waals surface area contributed by atoms with Gasteiger partial charge in [-0.3, -0.25) is 4.79 Å². The van der Waals surface area contributed by atoms with Gasteiger partial charge in [-0.05, 0) is 46.7 Å². The molecule has 0 unspecified atom stereocenters. The number of carbonyl (C=O) groups excluding carboxylic acids is 1. The average molecular weight is 378 g/mol. The lowest BCUT2D eigenvalue weighted by Gasteiger charge is -2.33. The number of benzene rings is 2. The van der Waals surface area contributed by atoms with Crippen LogP contribution in [-0.2, 0) is 4.74 Å². The van der Waals surface area contributed by atoms with Gasteiger partial charge < -0.3 is 19.1 Å². The molecule has 1 aliphatic rings. The molecule has 0 aliphatic carbocycles. The topological polar surface area (TPSA) is 60.9 Å². The van der Waals surface area contributed by atoms with E-state index in [0.29, 0.717) is 31.1 Å². The zero-order valence-electron chi connectivity index (χ0n) is 15.9. The number of rotatable bonds is 4. The van der Waals surface area contributed by atoms with E-state index >= 15 is 0 Å². The first-order valence-corrected chi connectivity index (χ1v) is 9.17. The van der Waals surface area contributed by atoms with Gasteiger partial charge in [0, 0.05) is 12.7 Å². The lowest BCUT2D eigenvalue weighted by molar-refractivity contribution is -0.0228. The van der Waals surface area contributed by atoms with Crippen LogP contribution < -0.4 is 9.47 Å². The summed E-state index contributed by atoms with van der Waals surface area (Å²) in [7, 11) is 3.18. The fourth-order valence-corrected chi connectivity index (χ4v) is 3.49. The van der Waals surface area contributed by atoms with Crippen molar-refractivity contribution in [1.29, 1.82) is 0 Å². The third-order valence-corrected chi connectivity index (χ3v) is 4.99. The van der Waals surface area contributed by atoms with Crippen molar-refractivity contribution < 1.29 is 19.0 Å². The van der Waals surface area contributed by atoms with Gasteiger partial charge in [-0.2, -0.15) is 0 Å². The highest BCUT2D eigenvalue weighted by Gasteiger charge is 2.28. The normalized spacial score (nSPS) is 16.8. The van der Waals surface area contributed by atoms with Gasteiger partial charge in [0.15, 0.2) is 0 Å². The molecule has 6 nitrogen and oxygen atoms in total. The van der Waals surface area contributed by atoms with Crippen molar-refractivity contribution in [1.82, 2.24) is 9.88 Å². The fourth-order valence-electron chi connectivity index (χ4n) is 3.49. The standard InChI is InChI=1S/C22H22N2O4/c1-26-18-8-7-15-12-17(6-5-16(15)13-18)20-14-24(10-11-28-20)22(25)19-4-3-9-23-21(19)27-2/h3-9,12-13,20H,10-11,14H2,1-2H3/t20-/m1/s1. The Morgan fingerprint density at radius 1 is 1.11 bits per heavy atom. The van der Waals surface area contributed by atoms with E-state index < -0.39 is 0 Å². The molecule has 1 fully saturated rings. The van der Waals surface area contributed by atoms with Crippen LogP contribution in [-0.4, -0.2) is 49.7 Å². The van der Waals surface area contributed by atoms with Crippen LogP contribution in [0.4, 0.5) is 0 Å². The summed E-state index contributed by atoms with van der Waals surface area (Å²) in [6.45, 7) is 1.51. The Labute approximate surface area is 163 Å². The molecule has 6 heteroatoms. The van der Waals surface area contributed by atoms with Crippen LogP contribution in [0.3, 0.4) is 0 Å². The van der Waals surface area contributed by atoms with Crippen LogP contribution in [0.5, 0.6) is 11.6 Å². The van der Waals surface area contributed by atoms with E-state index in [1.54, 1.807) is 30.3 Å². The van der Waals surface area contributed by atoms with Crippen LogP contribution in [0.25, 0.3) is 10.8 Å². The van der Waals surface area contributed by atoms with Gasteiger partial charge >= 0.3 is 0 Å². The first-order chi connectivity index (χ1) is 13.7. The second-order valence-electron chi connectivity index (χ2n) is 6.64. The number of hydrogen-bond donors (Lipinski definition) is 0. The molecule has 1 saturated heterocycles. The number of hydrogen-bond acceptors (Lipinski definition) is 5. The second-order valence-corrected chi connectivity index (χ2v) is 6.64. The lowest BCUT2D eigenvalue weighted by atomic mass is 10.0. The number of methoxy groups -OCH3 is 2. The van der Waals surface area contributed by atoms with Gasteiger partial charge in [0.25, 0.3) is 5.91 Å². The van der Waals surface area contributed by atoms with Gasteiger partial charge in [-0.1, -0.05) is 18.2 Å². The summed E-state index contributed by atoms with van der Waals surface area (Å²) in [5, 5.41) is 2.21. The number of fused-ring (bicyclic) bond motifs is 1. The van der Waals surface area contributed by atoms with Gasteiger partial charge in [0.1, 0.15) is 17.4 Å². The first-order valence-electron chi connectivity index (χ1n) is 9.17. The maximum atomic E-state index is 13.0. The Bertz CT molecular complexity index is 1000. The zero-order valence-corrected chi connectivity index (χ0v) is 15.9. The van der Waals surface area contributed by atoms with Crippen molar-refractivity contribution >= 4 is 16.7 Å². The quantitative estimate of drug-likeness (QED) is 0.696. The minimum absolute atomic E-state index is 0.0937. The third-order valence-electron chi connectivity index (χ3n) is 4.99. The molecule has 0 bridgehead atoms. The van der Waals surface area contributed by atoms with E-state index in [1.165, 1.54) is 7.11 Å². The molecule has 1 aliphatic heterocycles. The highest BCUT2D eigenvalue weighted by molar-refractivity contribution is 5.96. The molecule has 3 aromatic rings. The number of nitrogens with zero attached hydrogens (tertiary/aromatic N) is 2. The summed E-state index contributed by atoms with van der Waals surface area (Å²) >= 11 is 0. The maximum absolute atomic E-state index is 13.0. The summed E-state index contributed by atoms with van der Waals surface area (Å²) in [5.74, 6) is 1.08. The van der Waals surface area contributed by atoms with Crippen LogP contribution in [0.2, 0.25) is 0 Å². The van der Waals surface area contributed by atoms with Gasteiger partial charge in [0.05, 0.1) is 27.4 Å². The van der Waals surface area contributed by atoms with Crippen molar-refractivity contribution in [3.63, 3.8) is 0 Å². The molecule has 0 radical (unpaired) electrons. The molecular weight excluding hydrogens is 356 g/mol. The smallest absolute Gasteiger partial charge is 0.259 e. The molecular formula is C22H22N2O4. The predicted octanol–water partition coefficient (Wildman–Crippen LogP) is 3.47. The number of pyridine rings is 1. The molecule has 2 heterocycles. The summed E-state index contributed by atoms with van der Waals surface area (Å²) in [4.78, 5) is 18.9. The van der Waals surface area contributed by atoms with Crippen molar-refractivity contribution in [2.24, 2.45) is 0 Å². The molecule has 1 aromatic heterocycles. The van der Waals surface area contributed by atoms with Crippen LogP contribution >= 0.6 is 0 Å². The SMILES string of the molecule is COc1ccc2cc([C@H]3CN(C(=O)c4cccnc4OC)CCO3)ccc2c1. The Kier molecular flexibility index (Phi) is 5.12. The second kappa shape index (κ2) is 7.86. The average Bonchev–Trinajstić information content (AvgIpc) is 2.77. The van der Waals surface area contributed by atoms with Crippen molar-refractivity contribution in [3.8, 4) is 11.6 Å². The fraction of sp³-hybridized carbons (Fsp3) is 0.273. The van der Waals surface area contributed by atoms with E-state index in [2.05, 4.69) is 17.1 Å². The Morgan fingerprint density at radius 3 is 2.75 bits per heavy atom. The summed E-state index contributed by atoms with van der Waals surface area (Å²) in [5.41, 5.74) is 1.52. The molecule has 4 rings (SSSR count). The van der Waals surface area contributed by atoms with Crippen molar-refractivity contribution in [2.45, 2.75) is 6.10 Å². The van der Waals surface area contributed by atoms with E-state index in [0.717, 1.165) is 22.1 Å². The Balaban J connectivity index is 1.56. The number of aromatic nitrogens is 1. The molecule has 1 atom stereocenters. The lowest BCUT2D eigenvalue weighted by Crippen LogP contribution is -2.42. The summed E-state index contributed by atoms with van der Waals surface area (Å²) < 4.78 is 16.5. The van der Waals surface area contributed by atoms with Gasteiger partial charge in [0.2, 0.25) is 5.88 Å². The van der Waals surface area contributed by atoms with E-state index in [1.807, 2.05) is 24.3 Å². The molecule has 0 spiro atoms. The molecule has 0 N–H and O–H groups in total. The zero-order chi connectivity index (χ0) is 19.5. The molecule has 28 heavy (non-hydrogen) atoms. The molecule has 1 amide bonds. The number of amides is 1. The molecule has 144 valence electrons. The summed E-state index contributed by atoms with van der Waals surface area (Å²) in [6, 6.07) is 15.7. The number of morpholine rings is 1. The molecule has 2 aromatic carbocycles. The minimum atomic E-state index is -0.174. The first kappa shape index (κ1) is 18.3. The Hall–Kier alpha value is -3.12. The third kappa shape index (κ3) is 3.51. The highest BCUT2D eigenvalue weighted by Crippen LogP contribution is 2.29. The monoisotopic (exact) mass is 378 g/mol. The van der Waals surface area contributed by atoms with Crippen molar-refractivity contribution in [3.05, 3.63) is 65.9 Å². The summed E-state index contributed by atoms with van der Waals surface area (Å²) in [6.07, 6.45) is 1.44. The van der Waals surface area contributed by atoms with E-state index in [-0.39, 0.29) is 12.0 Å². The van der Waals surface area contributed by atoms with Gasteiger partial charge in [-0.15, -0.1) is 0 Å². The maximum Gasteiger partial charge on any atom is 0.259 e. The number of carbonyl (C=O) groups is 1. The predicted molar refractivity (Wildman–Crippen MR) is 106 cm³/mol. The minimum Gasteiger partial charge on any atom is -0.497 e. The van der Waals surface area contributed by atoms with Crippen LogP contribution in [0.15, 0.2) is 54.7 Å².